The van der Waals surface area contributed by atoms with E-state index in [0.29, 0.717) is 30.8 Å². The van der Waals surface area contributed by atoms with Gasteiger partial charge in [0.1, 0.15) is 11.5 Å². The first kappa shape index (κ1) is 29.0. The molecule has 3 fully saturated rings. The van der Waals surface area contributed by atoms with Crippen molar-refractivity contribution in [2.75, 3.05) is 19.6 Å². The number of carbonyl (C=O) groups is 4. The minimum Gasteiger partial charge on any atom is -0.477 e. The van der Waals surface area contributed by atoms with Gasteiger partial charge in [-0.25, -0.2) is 14.7 Å². The third-order valence-electron chi connectivity index (χ3n) is 7.95. The molecule has 0 aromatic rings. The Balaban J connectivity index is 1.43. The maximum absolute atomic E-state index is 13.3. The summed E-state index contributed by atoms with van der Waals surface area (Å²) in [5.74, 6) is -2.41. The molecule has 0 spiro atoms. The predicted octanol–water partition coefficient (Wildman–Crippen LogP) is -1.44. The Hall–Kier alpha value is -2.04. The minimum atomic E-state index is -3.91. The highest BCUT2D eigenvalue weighted by Crippen LogP contribution is 2.53. The summed E-state index contributed by atoms with van der Waals surface area (Å²) >= 11 is 1.39. The summed E-state index contributed by atoms with van der Waals surface area (Å²) in [6, 6.07) is -1.51. The molecule has 0 radical (unpaired) electrons. The summed E-state index contributed by atoms with van der Waals surface area (Å²) in [4.78, 5) is 53.7. The van der Waals surface area contributed by atoms with Gasteiger partial charge in [-0.2, -0.15) is 8.42 Å². The van der Waals surface area contributed by atoms with Crippen molar-refractivity contribution >= 4 is 45.5 Å². The average Bonchev–Trinajstić information content (AvgIpc) is 3.47. The average molecular weight is 573 g/mol. The number of thioether (sulfide) groups is 1. The van der Waals surface area contributed by atoms with Crippen LogP contribution in [0, 0.1) is 17.8 Å². The third-order valence-corrected chi connectivity index (χ3v) is 10.0. The van der Waals surface area contributed by atoms with Crippen LogP contribution in [-0.4, -0.2) is 95.9 Å². The molecule has 0 unspecified atom stereocenters. The quantitative estimate of drug-likeness (QED) is 0.193. The Bertz CT molecular complexity index is 1160. The molecule has 0 aliphatic carbocycles. The zero-order chi connectivity index (χ0) is 28.1. The van der Waals surface area contributed by atoms with Crippen molar-refractivity contribution in [1.29, 1.82) is 0 Å². The summed E-state index contributed by atoms with van der Waals surface area (Å²) in [6.07, 6.45) is 1.15. The van der Waals surface area contributed by atoms with Crippen molar-refractivity contribution in [2.45, 2.75) is 69.5 Å². The Morgan fingerprint density at radius 2 is 1.97 bits per heavy atom. The number of carboxylic acid groups (broad SMARTS) is 1. The van der Waals surface area contributed by atoms with Crippen LogP contribution >= 0.6 is 11.8 Å². The van der Waals surface area contributed by atoms with Gasteiger partial charge in [0.05, 0.1) is 18.0 Å². The molecule has 0 bridgehead atoms. The van der Waals surface area contributed by atoms with Crippen molar-refractivity contribution in [2.24, 2.45) is 28.6 Å². The lowest BCUT2D eigenvalue weighted by Gasteiger charge is -2.47. The number of fused-ring (bicyclic) bond motifs is 1. The molecular formula is C23H36N6O7S2. The third kappa shape index (κ3) is 5.63. The molecule has 15 heteroatoms. The first-order valence-corrected chi connectivity index (χ1v) is 15.2. The molecule has 4 heterocycles. The van der Waals surface area contributed by atoms with Crippen molar-refractivity contribution < 1.29 is 32.7 Å². The number of carbonyl (C=O) groups excluding carboxylic acids is 3. The first-order chi connectivity index (χ1) is 17.7. The standard InChI is InChI=1S/C23H36N6O7S2/c1-10(4-11(2)30)17-18-12(3)20(19(23(33)34)29(18)22(17)32)37-15-6-16(26-8-15)21(31)28-9-13(24)5-14(28)7-27-38(25,35)36/h10,12-18,26-27H,4-9,24H2,1-3H3,(H,33,34)(H2,25,35,36)/t10-,12+,13-,14-,15-,16-,17+,18+/m0/s1. The number of nitrogens with zero attached hydrogens (tertiary/aromatic N) is 2. The van der Waals surface area contributed by atoms with Crippen molar-refractivity contribution in [3.63, 3.8) is 0 Å². The number of rotatable bonds is 10. The molecule has 4 aliphatic rings. The lowest BCUT2D eigenvalue weighted by Crippen LogP contribution is -2.62. The minimum absolute atomic E-state index is 0.00167. The largest absolute Gasteiger partial charge is 0.477 e. The Morgan fingerprint density at radius 1 is 1.29 bits per heavy atom. The van der Waals surface area contributed by atoms with Crippen LogP contribution in [0.4, 0.5) is 0 Å². The van der Waals surface area contributed by atoms with E-state index < -0.39 is 34.2 Å². The van der Waals surface area contributed by atoms with Crippen molar-refractivity contribution in [3.05, 3.63) is 10.6 Å². The van der Waals surface area contributed by atoms with Gasteiger partial charge in [-0.1, -0.05) is 13.8 Å². The molecule has 0 aromatic carbocycles. The molecule has 2 amide bonds. The number of amides is 2. The summed E-state index contributed by atoms with van der Waals surface area (Å²) in [7, 11) is -3.91. The van der Waals surface area contributed by atoms with E-state index in [1.807, 2.05) is 13.8 Å². The van der Waals surface area contributed by atoms with E-state index in [-0.39, 0.29) is 65.4 Å². The zero-order valence-corrected chi connectivity index (χ0v) is 23.3. The van der Waals surface area contributed by atoms with Gasteiger partial charge in [0.15, 0.2) is 0 Å². The lowest BCUT2D eigenvalue weighted by molar-refractivity contribution is -0.160. The molecule has 8 atom stereocenters. The molecule has 13 nitrogen and oxygen atoms in total. The molecule has 38 heavy (non-hydrogen) atoms. The fourth-order valence-electron chi connectivity index (χ4n) is 6.34. The van der Waals surface area contributed by atoms with Gasteiger partial charge >= 0.3 is 5.97 Å². The van der Waals surface area contributed by atoms with E-state index in [2.05, 4.69) is 10.0 Å². The maximum Gasteiger partial charge on any atom is 0.353 e. The van der Waals surface area contributed by atoms with Crippen molar-refractivity contribution in [1.82, 2.24) is 19.8 Å². The van der Waals surface area contributed by atoms with Crippen LogP contribution in [-0.2, 0) is 29.4 Å². The molecule has 4 rings (SSSR count). The topological polar surface area (TPSA) is 205 Å². The number of nitrogens with two attached hydrogens (primary N) is 2. The van der Waals surface area contributed by atoms with Crippen LogP contribution in [0.15, 0.2) is 10.6 Å². The normalized spacial score (nSPS) is 33.9. The van der Waals surface area contributed by atoms with E-state index in [9.17, 15) is 32.7 Å². The molecule has 3 saturated heterocycles. The van der Waals surface area contributed by atoms with Crippen LogP contribution in [0.25, 0.3) is 0 Å². The molecule has 0 aromatic heterocycles. The van der Waals surface area contributed by atoms with Gasteiger partial charge in [0, 0.05) is 54.2 Å². The highest BCUT2D eigenvalue weighted by atomic mass is 32.2. The van der Waals surface area contributed by atoms with E-state index in [4.69, 9.17) is 10.9 Å². The van der Waals surface area contributed by atoms with Gasteiger partial charge in [-0.15, -0.1) is 11.8 Å². The second kappa shape index (κ2) is 10.8. The predicted molar refractivity (Wildman–Crippen MR) is 139 cm³/mol. The van der Waals surface area contributed by atoms with E-state index in [1.54, 1.807) is 4.90 Å². The Kier molecular flexibility index (Phi) is 8.27. The molecule has 212 valence electrons. The molecule has 0 saturated carbocycles. The fourth-order valence-corrected chi connectivity index (χ4v) is 8.24. The summed E-state index contributed by atoms with van der Waals surface area (Å²) in [5, 5.41) is 18.1. The van der Waals surface area contributed by atoms with Crippen LogP contribution in [0.5, 0.6) is 0 Å². The monoisotopic (exact) mass is 572 g/mol. The Morgan fingerprint density at radius 3 is 2.58 bits per heavy atom. The number of likely N-dealkylation sites (tertiary alicyclic amines) is 1. The van der Waals surface area contributed by atoms with Gasteiger partial charge in [-0.3, -0.25) is 9.59 Å². The van der Waals surface area contributed by atoms with Crippen molar-refractivity contribution in [3.8, 4) is 0 Å². The van der Waals surface area contributed by atoms with E-state index in [1.165, 1.54) is 23.6 Å². The number of β-lactam (4-membered cyclic amide) rings is 1. The number of hydrogen-bond donors (Lipinski definition) is 5. The van der Waals surface area contributed by atoms with Gasteiger partial charge < -0.3 is 30.8 Å². The van der Waals surface area contributed by atoms with E-state index >= 15 is 0 Å². The zero-order valence-electron chi connectivity index (χ0n) is 21.6. The van der Waals surface area contributed by atoms with Crippen LogP contribution in [0.3, 0.4) is 0 Å². The first-order valence-electron chi connectivity index (χ1n) is 12.7. The number of aliphatic carboxylic acids is 1. The number of hydrogen-bond acceptors (Lipinski definition) is 9. The van der Waals surface area contributed by atoms with Crippen LogP contribution < -0.4 is 20.9 Å². The van der Waals surface area contributed by atoms with Gasteiger partial charge in [-0.05, 0) is 25.7 Å². The highest BCUT2D eigenvalue weighted by molar-refractivity contribution is 8.03. The number of ketones is 1. The highest BCUT2D eigenvalue weighted by Gasteiger charge is 2.60. The Labute approximate surface area is 226 Å². The van der Waals surface area contributed by atoms with Gasteiger partial charge in [0.25, 0.3) is 10.2 Å². The van der Waals surface area contributed by atoms with Crippen LogP contribution in [0.1, 0.15) is 40.0 Å². The van der Waals surface area contributed by atoms with E-state index in [0.717, 1.165) is 0 Å². The summed E-state index contributed by atoms with van der Waals surface area (Å²) in [6.45, 7) is 5.99. The maximum atomic E-state index is 13.3. The smallest absolute Gasteiger partial charge is 0.353 e. The molecule has 7 N–H and O–H groups in total. The lowest BCUT2D eigenvalue weighted by atomic mass is 9.73. The number of Topliss-reactive ketones (excluding diaryl/α,β-unsaturated/α-hetero) is 1. The molecular weight excluding hydrogens is 536 g/mol. The number of nitrogens with one attached hydrogen (secondary N) is 2. The van der Waals surface area contributed by atoms with Crippen LogP contribution in [0.2, 0.25) is 0 Å². The second-order valence-electron chi connectivity index (χ2n) is 10.9. The van der Waals surface area contributed by atoms with Gasteiger partial charge in [0.2, 0.25) is 11.8 Å². The SMILES string of the molecule is CC(=O)C[C@H](C)[C@H]1C(=O)N2C(C(=O)O)=C(S[C@@H]3CN[C@H](C(=O)N4C[C@@H](N)C[C@H]4CNS(N)(=O)=O)C3)[C@H](C)[C@H]12. The summed E-state index contributed by atoms with van der Waals surface area (Å²) in [5.41, 5.74) is 6.05. The summed E-state index contributed by atoms with van der Waals surface area (Å²) < 4.78 is 24.9. The molecule has 4 aliphatic heterocycles. The second-order valence-corrected chi connectivity index (χ2v) is 13.6. The fraction of sp³-hybridized carbons (Fsp3) is 0.739. The number of carboxylic acids is 1.